The minimum absolute atomic E-state index is 0.297. The van der Waals surface area contributed by atoms with Crippen LogP contribution < -0.4 is 14.8 Å². The van der Waals surface area contributed by atoms with Gasteiger partial charge in [-0.1, -0.05) is 53.5 Å². The van der Waals surface area contributed by atoms with Crippen LogP contribution in [-0.4, -0.2) is 12.0 Å². The van der Waals surface area contributed by atoms with Gasteiger partial charge in [0.25, 0.3) is 5.91 Å². The summed E-state index contributed by atoms with van der Waals surface area (Å²) in [5.41, 5.74) is 1.73. The maximum absolute atomic E-state index is 12.4. The summed E-state index contributed by atoms with van der Waals surface area (Å²) in [6.45, 7) is 2.13. The number of hydrogen-bond acceptors (Lipinski definition) is 3. The lowest BCUT2D eigenvalue weighted by Gasteiger charge is -2.16. The Kier molecular flexibility index (Phi) is 6.80. The van der Waals surface area contributed by atoms with Gasteiger partial charge in [-0.25, -0.2) is 0 Å². The van der Waals surface area contributed by atoms with Crippen molar-refractivity contribution in [3.8, 4) is 11.5 Å². The summed E-state index contributed by atoms with van der Waals surface area (Å²) in [5, 5.41) is 3.68. The lowest BCUT2D eigenvalue weighted by atomic mass is 10.2. The van der Waals surface area contributed by atoms with Gasteiger partial charge in [-0.15, -0.1) is 0 Å². The minimum Gasteiger partial charge on any atom is -0.489 e. The van der Waals surface area contributed by atoms with Crippen molar-refractivity contribution in [2.24, 2.45) is 0 Å². The summed E-state index contributed by atoms with van der Waals surface area (Å²) in [5.74, 6) is 0.785. The van der Waals surface area contributed by atoms with Gasteiger partial charge < -0.3 is 14.8 Å². The van der Waals surface area contributed by atoms with Gasteiger partial charge in [-0.2, -0.15) is 0 Å². The Morgan fingerprint density at radius 2 is 1.71 bits per heavy atom. The number of hydrogen-bond donors (Lipinski definition) is 1. The fourth-order valence-electron chi connectivity index (χ4n) is 2.43. The number of benzene rings is 3. The molecule has 1 amide bonds. The molecule has 0 fully saturated rings. The Hall–Kier alpha value is -2.69. The van der Waals surface area contributed by atoms with Crippen LogP contribution in [0.25, 0.3) is 0 Å². The van der Waals surface area contributed by atoms with Gasteiger partial charge in [-0.05, 0) is 48.9 Å². The maximum atomic E-state index is 12.4. The predicted molar refractivity (Wildman–Crippen MR) is 112 cm³/mol. The molecule has 0 saturated heterocycles. The highest BCUT2D eigenvalue weighted by Crippen LogP contribution is 2.28. The summed E-state index contributed by atoms with van der Waals surface area (Å²) >= 11 is 12.0. The number of nitrogens with one attached hydrogen (secondary N) is 1. The third kappa shape index (κ3) is 5.65. The molecule has 3 aromatic rings. The number of rotatable bonds is 7. The van der Waals surface area contributed by atoms with Crippen LogP contribution in [0.15, 0.2) is 72.8 Å². The molecule has 3 aromatic carbocycles. The van der Waals surface area contributed by atoms with Crippen molar-refractivity contribution in [3.63, 3.8) is 0 Å². The minimum atomic E-state index is -0.745. The van der Waals surface area contributed by atoms with Crippen LogP contribution in [0.5, 0.6) is 11.5 Å². The van der Waals surface area contributed by atoms with E-state index >= 15 is 0 Å². The van der Waals surface area contributed by atoms with Crippen molar-refractivity contribution in [2.75, 3.05) is 5.32 Å². The second-order valence-electron chi connectivity index (χ2n) is 6.12. The normalized spacial score (nSPS) is 11.5. The summed E-state index contributed by atoms with van der Waals surface area (Å²) in [6, 6.07) is 21.9. The molecule has 3 rings (SSSR count). The fraction of sp³-hybridized carbons (Fsp3) is 0.136. The molecule has 0 saturated carbocycles. The molecule has 0 aliphatic carbocycles. The second kappa shape index (κ2) is 9.49. The van der Waals surface area contributed by atoms with Gasteiger partial charge >= 0.3 is 0 Å². The van der Waals surface area contributed by atoms with Crippen LogP contribution in [0, 0.1) is 0 Å². The van der Waals surface area contributed by atoms with Crippen molar-refractivity contribution in [1.82, 2.24) is 0 Å². The maximum Gasteiger partial charge on any atom is 0.265 e. The molecule has 0 spiro atoms. The van der Waals surface area contributed by atoms with Gasteiger partial charge in [0, 0.05) is 16.8 Å². The van der Waals surface area contributed by atoms with Crippen LogP contribution in [0.3, 0.4) is 0 Å². The molecule has 28 heavy (non-hydrogen) atoms. The van der Waals surface area contributed by atoms with Crippen LogP contribution in [0.4, 0.5) is 5.69 Å². The van der Waals surface area contributed by atoms with Crippen LogP contribution in [0.2, 0.25) is 10.0 Å². The summed E-state index contributed by atoms with van der Waals surface area (Å²) in [7, 11) is 0. The van der Waals surface area contributed by atoms with E-state index in [1.54, 1.807) is 49.4 Å². The van der Waals surface area contributed by atoms with Gasteiger partial charge in [0.1, 0.15) is 18.1 Å². The van der Waals surface area contributed by atoms with Crippen molar-refractivity contribution in [1.29, 1.82) is 0 Å². The average molecular weight is 416 g/mol. The first kappa shape index (κ1) is 20.1. The highest BCUT2D eigenvalue weighted by Gasteiger charge is 2.16. The first-order valence-corrected chi connectivity index (χ1v) is 9.46. The SMILES string of the molecule is C[C@@H](Oc1cc(Cl)ccc1Cl)C(=O)Nc1ccc(OCc2ccccc2)cc1. The zero-order valence-corrected chi connectivity index (χ0v) is 16.7. The molecule has 0 bridgehead atoms. The van der Waals surface area contributed by atoms with Crippen molar-refractivity contribution in [3.05, 3.63) is 88.4 Å². The lowest BCUT2D eigenvalue weighted by molar-refractivity contribution is -0.122. The first-order chi connectivity index (χ1) is 13.5. The second-order valence-corrected chi connectivity index (χ2v) is 6.97. The Labute approximate surface area is 174 Å². The summed E-state index contributed by atoms with van der Waals surface area (Å²) < 4.78 is 11.4. The molecule has 0 aliphatic rings. The van der Waals surface area contributed by atoms with E-state index < -0.39 is 6.10 Å². The molecule has 4 nitrogen and oxygen atoms in total. The lowest BCUT2D eigenvalue weighted by Crippen LogP contribution is -2.30. The number of carbonyl (C=O) groups excluding carboxylic acids is 1. The zero-order chi connectivity index (χ0) is 19.9. The largest absolute Gasteiger partial charge is 0.489 e. The van der Waals surface area contributed by atoms with E-state index in [9.17, 15) is 4.79 Å². The summed E-state index contributed by atoms with van der Waals surface area (Å²) in [4.78, 5) is 12.4. The monoisotopic (exact) mass is 415 g/mol. The molecule has 0 unspecified atom stereocenters. The van der Waals surface area contributed by atoms with E-state index in [-0.39, 0.29) is 5.91 Å². The first-order valence-electron chi connectivity index (χ1n) is 8.70. The number of halogens is 2. The van der Waals surface area contributed by atoms with Gasteiger partial charge in [0.2, 0.25) is 0 Å². The molecular formula is C22H19Cl2NO3. The predicted octanol–water partition coefficient (Wildman–Crippen LogP) is 5.98. The Morgan fingerprint density at radius 3 is 2.43 bits per heavy atom. The van der Waals surface area contributed by atoms with Crippen LogP contribution >= 0.6 is 23.2 Å². The molecule has 0 radical (unpaired) electrons. The van der Waals surface area contributed by atoms with E-state index in [0.717, 1.165) is 11.3 Å². The molecule has 1 atom stereocenters. The Bertz CT molecular complexity index is 930. The fourth-order valence-corrected chi connectivity index (χ4v) is 2.75. The molecular weight excluding hydrogens is 397 g/mol. The van der Waals surface area contributed by atoms with Crippen molar-refractivity contribution >= 4 is 34.8 Å². The van der Waals surface area contributed by atoms with E-state index in [1.165, 1.54) is 0 Å². The Balaban J connectivity index is 1.54. The highest BCUT2D eigenvalue weighted by molar-refractivity contribution is 6.34. The van der Waals surface area contributed by atoms with E-state index in [0.29, 0.717) is 28.1 Å². The van der Waals surface area contributed by atoms with Gasteiger partial charge in [0.05, 0.1) is 5.02 Å². The molecule has 0 aromatic heterocycles. The molecule has 144 valence electrons. The smallest absolute Gasteiger partial charge is 0.265 e. The van der Waals surface area contributed by atoms with E-state index in [1.807, 2.05) is 30.3 Å². The topological polar surface area (TPSA) is 47.6 Å². The third-order valence-electron chi connectivity index (χ3n) is 3.94. The number of anilines is 1. The average Bonchev–Trinajstić information content (AvgIpc) is 2.71. The van der Waals surface area contributed by atoms with Crippen molar-refractivity contribution < 1.29 is 14.3 Å². The number of ether oxygens (including phenoxy) is 2. The number of carbonyl (C=O) groups is 1. The highest BCUT2D eigenvalue weighted by atomic mass is 35.5. The number of amides is 1. The third-order valence-corrected chi connectivity index (χ3v) is 4.48. The van der Waals surface area contributed by atoms with Crippen molar-refractivity contribution in [2.45, 2.75) is 19.6 Å². The molecule has 0 aliphatic heterocycles. The van der Waals surface area contributed by atoms with Gasteiger partial charge in [-0.3, -0.25) is 4.79 Å². The van der Waals surface area contributed by atoms with E-state index in [2.05, 4.69) is 5.32 Å². The molecule has 1 N–H and O–H groups in total. The van der Waals surface area contributed by atoms with Gasteiger partial charge in [0.15, 0.2) is 6.10 Å². The summed E-state index contributed by atoms with van der Waals surface area (Å²) in [6.07, 6.45) is -0.745. The van der Waals surface area contributed by atoms with Crippen LogP contribution in [0.1, 0.15) is 12.5 Å². The quantitative estimate of drug-likeness (QED) is 0.516. The molecule has 0 heterocycles. The molecule has 6 heteroatoms. The van der Waals surface area contributed by atoms with Crippen LogP contribution in [-0.2, 0) is 11.4 Å². The standard InChI is InChI=1S/C22H19Cl2NO3/c1-15(28-21-13-17(23)7-12-20(21)24)22(26)25-18-8-10-19(11-9-18)27-14-16-5-3-2-4-6-16/h2-13,15H,14H2,1H3,(H,25,26)/t15-/m1/s1. The Morgan fingerprint density at radius 1 is 1.00 bits per heavy atom. The van der Waals surface area contributed by atoms with E-state index in [4.69, 9.17) is 32.7 Å². The zero-order valence-electron chi connectivity index (χ0n) is 15.2.